The average Bonchev–Trinajstić information content (AvgIpc) is 3.55. The number of rotatable bonds is 9. The van der Waals surface area contributed by atoms with Gasteiger partial charge in [0.1, 0.15) is 0 Å². The molecule has 174 valence electrons. The molecule has 5 aromatic rings. The first-order valence-electron chi connectivity index (χ1n) is 11.0. The molecule has 0 aliphatic carbocycles. The molecule has 0 saturated carbocycles. The Morgan fingerprint density at radius 1 is 0.886 bits per heavy atom. The number of carbonyl (C=O) groups excluding carboxylic acids is 2. The highest BCUT2D eigenvalue weighted by Crippen LogP contribution is 2.29. The van der Waals surface area contributed by atoms with E-state index in [1.54, 1.807) is 0 Å². The van der Waals surface area contributed by atoms with Crippen LogP contribution < -0.4 is 10.6 Å². The van der Waals surface area contributed by atoms with Gasteiger partial charge in [0.15, 0.2) is 5.01 Å². The van der Waals surface area contributed by atoms with Gasteiger partial charge in [0.2, 0.25) is 5.91 Å². The summed E-state index contributed by atoms with van der Waals surface area (Å²) in [5.41, 5.74) is 4.01. The third-order valence-electron chi connectivity index (χ3n) is 5.29. The summed E-state index contributed by atoms with van der Waals surface area (Å²) in [5, 5.41) is 13.5. The summed E-state index contributed by atoms with van der Waals surface area (Å²) in [6.07, 6.45) is 0.737. The fourth-order valence-electron chi connectivity index (χ4n) is 3.52. The van der Waals surface area contributed by atoms with Gasteiger partial charge >= 0.3 is 6.01 Å². The van der Waals surface area contributed by atoms with Crippen molar-refractivity contribution in [3.8, 4) is 11.1 Å². The standard InChI is InChI=1S/C26H21N5O3S/c32-22(27-14-13-17-7-3-1-4-8-17)16-28-26-31-30-24(34-26)23(33)25-29-20-12-11-19(15-21(20)35-25)18-9-5-2-6-10-18/h1-12,15H,13-14,16H2,(H,27,32)(H,28,31). The van der Waals surface area contributed by atoms with E-state index in [0.29, 0.717) is 6.54 Å². The lowest BCUT2D eigenvalue weighted by Crippen LogP contribution is -2.31. The van der Waals surface area contributed by atoms with E-state index in [2.05, 4.69) is 25.8 Å². The van der Waals surface area contributed by atoms with Crippen molar-refractivity contribution < 1.29 is 14.0 Å². The molecule has 0 fully saturated rings. The van der Waals surface area contributed by atoms with Gasteiger partial charge < -0.3 is 15.1 Å². The smallest absolute Gasteiger partial charge is 0.316 e. The average molecular weight is 484 g/mol. The highest BCUT2D eigenvalue weighted by molar-refractivity contribution is 7.20. The molecule has 0 aliphatic heterocycles. The number of hydrogen-bond donors (Lipinski definition) is 2. The van der Waals surface area contributed by atoms with Gasteiger partial charge in [-0.1, -0.05) is 71.8 Å². The molecular weight excluding hydrogens is 462 g/mol. The minimum atomic E-state index is -0.458. The molecule has 35 heavy (non-hydrogen) atoms. The van der Waals surface area contributed by atoms with E-state index in [0.717, 1.165) is 33.3 Å². The van der Waals surface area contributed by atoms with Crippen molar-refractivity contribution in [1.82, 2.24) is 20.5 Å². The third-order valence-corrected chi connectivity index (χ3v) is 6.30. The minimum absolute atomic E-state index is 0.000894. The zero-order valence-corrected chi connectivity index (χ0v) is 19.4. The van der Waals surface area contributed by atoms with Crippen LogP contribution in [0.3, 0.4) is 0 Å². The van der Waals surface area contributed by atoms with E-state index < -0.39 is 5.78 Å². The molecule has 0 bridgehead atoms. The zero-order valence-electron chi connectivity index (χ0n) is 18.6. The lowest BCUT2D eigenvalue weighted by atomic mass is 10.1. The first-order valence-corrected chi connectivity index (χ1v) is 11.9. The van der Waals surface area contributed by atoms with E-state index >= 15 is 0 Å². The van der Waals surface area contributed by atoms with Crippen LogP contribution in [0.2, 0.25) is 0 Å². The first-order chi connectivity index (χ1) is 17.2. The normalized spacial score (nSPS) is 10.9. The predicted octanol–water partition coefficient (Wildman–Crippen LogP) is 4.35. The van der Waals surface area contributed by atoms with Gasteiger partial charge in [0.25, 0.3) is 11.7 Å². The minimum Gasteiger partial charge on any atom is -0.400 e. The van der Waals surface area contributed by atoms with Crippen molar-refractivity contribution in [2.45, 2.75) is 6.42 Å². The number of ketones is 1. The zero-order chi connectivity index (χ0) is 24.0. The quantitative estimate of drug-likeness (QED) is 0.300. The number of aromatic nitrogens is 3. The molecule has 2 N–H and O–H groups in total. The van der Waals surface area contributed by atoms with Crippen LogP contribution in [-0.4, -0.2) is 40.0 Å². The van der Waals surface area contributed by atoms with E-state index in [1.165, 1.54) is 11.3 Å². The molecule has 5 rings (SSSR count). The number of thiazole rings is 1. The molecule has 0 radical (unpaired) electrons. The Morgan fingerprint density at radius 2 is 1.66 bits per heavy atom. The molecule has 3 aromatic carbocycles. The number of nitrogens with zero attached hydrogens (tertiary/aromatic N) is 3. The van der Waals surface area contributed by atoms with Crippen molar-refractivity contribution in [2.24, 2.45) is 0 Å². The second kappa shape index (κ2) is 10.3. The second-order valence-corrected chi connectivity index (χ2v) is 8.78. The molecule has 9 heteroatoms. The number of hydrogen-bond acceptors (Lipinski definition) is 8. The fraction of sp³-hybridized carbons (Fsp3) is 0.115. The third kappa shape index (κ3) is 5.42. The molecule has 2 aromatic heterocycles. The van der Waals surface area contributed by atoms with Gasteiger partial charge in [-0.05, 0) is 35.2 Å². The highest BCUT2D eigenvalue weighted by atomic mass is 32.1. The van der Waals surface area contributed by atoms with E-state index in [-0.39, 0.29) is 29.4 Å². The molecular formula is C26H21N5O3S. The van der Waals surface area contributed by atoms with Crippen molar-refractivity contribution in [2.75, 3.05) is 18.4 Å². The number of carbonyl (C=O) groups is 2. The SMILES string of the molecule is O=C(CNc1nnc(C(=O)c2nc3ccc(-c4ccccc4)cc3s2)o1)NCCc1ccccc1. The Morgan fingerprint density at radius 3 is 2.46 bits per heavy atom. The van der Waals surface area contributed by atoms with Crippen LogP contribution >= 0.6 is 11.3 Å². The Bertz CT molecular complexity index is 1460. The summed E-state index contributed by atoms with van der Waals surface area (Å²) in [6, 6.07) is 25.8. The van der Waals surface area contributed by atoms with Crippen LogP contribution in [0.1, 0.15) is 21.3 Å². The van der Waals surface area contributed by atoms with Crippen molar-refractivity contribution in [3.63, 3.8) is 0 Å². The lowest BCUT2D eigenvalue weighted by molar-refractivity contribution is -0.119. The van der Waals surface area contributed by atoms with Crippen LogP contribution in [-0.2, 0) is 11.2 Å². The van der Waals surface area contributed by atoms with Crippen LogP contribution in [0, 0.1) is 0 Å². The number of amides is 1. The van der Waals surface area contributed by atoms with Gasteiger partial charge in [0, 0.05) is 6.54 Å². The number of anilines is 1. The summed E-state index contributed by atoms with van der Waals surface area (Å²) < 4.78 is 6.31. The largest absolute Gasteiger partial charge is 0.400 e. The van der Waals surface area contributed by atoms with E-state index in [1.807, 2.05) is 78.9 Å². The maximum absolute atomic E-state index is 12.8. The van der Waals surface area contributed by atoms with E-state index in [9.17, 15) is 9.59 Å². The van der Waals surface area contributed by atoms with E-state index in [4.69, 9.17) is 4.42 Å². The number of benzene rings is 3. The van der Waals surface area contributed by atoms with Gasteiger partial charge in [-0.15, -0.1) is 16.4 Å². The summed E-state index contributed by atoms with van der Waals surface area (Å²) in [5.74, 6) is -0.855. The molecule has 0 spiro atoms. The monoisotopic (exact) mass is 483 g/mol. The summed E-state index contributed by atoms with van der Waals surface area (Å²) in [6.45, 7) is 0.468. The molecule has 2 heterocycles. The van der Waals surface area contributed by atoms with Gasteiger partial charge in [-0.25, -0.2) is 4.98 Å². The first kappa shape index (κ1) is 22.4. The van der Waals surface area contributed by atoms with Crippen LogP contribution in [0.25, 0.3) is 21.3 Å². The van der Waals surface area contributed by atoms with Crippen LogP contribution in [0.5, 0.6) is 0 Å². The highest BCUT2D eigenvalue weighted by Gasteiger charge is 2.21. The molecule has 0 aliphatic rings. The summed E-state index contributed by atoms with van der Waals surface area (Å²) in [7, 11) is 0. The molecule has 8 nitrogen and oxygen atoms in total. The topological polar surface area (TPSA) is 110 Å². The molecule has 0 atom stereocenters. The Balaban J connectivity index is 1.18. The fourth-order valence-corrected chi connectivity index (χ4v) is 4.46. The van der Waals surface area contributed by atoms with Gasteiger partial charge in [-0.3, -0.25) is 9.59 Å². The van der Waals surface area contributed by atoms with Crippen LogP contribution in [0.4, 0.5) is 6.01 Å². The molecule has 0 saturated heterocycles. The van der Waals surface area contributed by atoms with Gasteiger partial charge in [0.05, 0.1) is 16.8 Å². The number of fused-ring (bicyclic) bond motifs is 1. The lowest BCUT2D eigenvalue weighted by Gasteiger charge is -2.05. The molecule has 0 unspecified atom stereocenters. The maximum atomic E-state index is 12.8. The second-order valence-electron chi connectivity index (χ2n) is 7.75. The van der Waals surface area contributed by atoms with Crippen molar-refractivity contribution in [3.05, 3.63) is 95.3 Å². The summed E-state index contributed by atoms with van der Waals surface area (Å²) >= 11 is 1.27. The van der Waals surface area contributed by atoms with Gasteiger partial charge in [-0.2, -0.15) is 0 Å². The maximum Gasteiger partial charge on any atom is 0.316 e. The Hall–Kier alpha value is -4.37. The Labute approximate surface area is 205 Å². The number of nitrogens with one attached hydrogen (secondary N) is 2. The molecule has 1 amide bonds. The predicted molar refractivity (Wildman–Crippen MR) is 134 cm³/mol. The van der Waals surface area contributed by atoms with Crippen molar-refractivity contribution in [1.29, 1.82) is 0 Å². The Kier molecular flexibility index (Phi) is 6.58. The van der Waals surface area contributed by atoms with Crippen LogP contribution in [0.15, 0.2) is 83.3 Å². The summed E-state index contributed by atoms with van der Waals surface area (Å²) in [4.78, 5) is 29.3. The van der Waals surface area contributed by atoms with Crippen molar-refractivity contribution >= 4 is 39.3 Å².